The van der Waals surface area contributed by atoms with Gasteiger partial charge in [0.15, 0.2) is 6.39 Å². The molecule has 3 rings (SSSR count). The van der Waals surface area contributed by atoms with Gasteiger partial charge in [-0.1, -0.05) is 0 Å². The molecule has 12 heavy (non-hydrogen) atoms. The van der Waals surface area contributed by atoms with Gasteiger partial charge in [0, 0.05) is 6.20 Å². The first-order chi connectivity index (χ1) is 5.93. The molecule has 6 heteroatoms. The summed E-state index contributed by atoms with van der Waals surface area (Å²) in [6.07, 6.45) is 4.68. The van der Waals surface area contributed by atoms with Crippen LogP contribution < -0.4 is 0 Å². The third-order valence-electron chi connectivity index (χ3n) is 1.59. The normalized spacial score (nSPS) is 11.3. The molecule has 58 valence electrons. The second-order valence-electron chi connectivity index (χ2n) is 2.32. The van der Waals surface area contributed by atoms with Crippen LogP contribution in [-0.4, -0.2) is 24.6 Å². The van der Waals surface area contributed by atoms with E-state index in [2.05, 4.69) is 20.2 Å². The van der Waals surface area contributed by atoms with Gasteiger partial charge >= 0.3 is 0 Å². The maximum absolute atomic E-state index is 4.99. The monoisotopic (exact) mass is 161 g/mol. The van der Waals surface area contributed by atoms with Crippen LogP contribution in [0, 0.1) is 0 Å². The van der Waals surface area contributed by atoms with E-state index in [1.54, 1.807) is 16.9 Å². The van der Waals surface area contributed by atoms with E-state index in [-0.39, 0.29) is 0 Å². The molecule has 0 aliphatic rings. The first kappa shape index (κ1) is 5.64. The van der Waals surface area contributed by atoms with Crippen LogP contribution in [0.5, 0.6) is 0 Å². The summed E-state index contributed by atoms with van der Waals surface area (Å²) in [6.45, 7) is 0. The first-order valence-corrected chi connectivity index (χ1v) is 3.33. The van der Waals surface area contributed by atoms with Gasteiger partial charge in [-0.25, -0.2) is 4.98 Å². The van der Waals surface area contributed by atoms with Crippen molar-refractivity contribution in [1.29, 1.82) is 0 Å². The van der Waals surface area contributed by atoms with Crippen LogP contribution in [-0.2, 0) is 0 Å². The molecule has 0 aliphatic carbocycles. The molecule has 3 aromatic rings. The molecule has 0 saturated heterocycles. The van der Waals surface area contributed by atoms with Gasteiger partial charge in [-0.2, -0.15) is 4.98 Å². The minimum Gasteiger partial charge on any atom is -0.425 e. The summed E-state index contributed by atoms with van der Waals surface area (Å²) < 4.78 is 6.68. The summed E-state index contributed by atoms with van der Waals surface area (Å²) >= 11 is 0. The highest BCUT2D eigenvalue weighted by Crippen LogP contribution is 2.08. The Morgan fingerprint density at radius 1 is 1.42 bits per heavy atom. The lowest BCUT2D eigenvalue weighted by Gasteiger charge is -1.87. The Bertz CT molecular complexity index is 448. The molecule has 3 heterocycles. The van der Waals surface area contributed by atoms with Crippen molar-refractivity contribution in [2.75, 3.05) is 0 Å². The molecule has 0 aromatic carbocycles. The average molecular weight is 161 g/mol. The predicted molar refractivity (Wildman–Crippen MR) is 38.3 cm³/mol. The fraction of sp³-hybridized carbons (Fsp3) is 0. The van der Waals surface area contributed by atoms with Crippen LogP contribution in [0.15, 0.2) is 23.3 Å². The smallest absolute Gasteiger partial charge is 0.258 e. The van der Waals surface area contributed by atoms with E-state index in [0.29, 0.717) is 17.0 Å². The molecular formula is C6H3N5O. The summed E-state index contributed by atoms with van der Waals surface area (Å²) in [5, 5.41) is 7.45. The van der Waals surface area contributed by atoms with Crippen LogP contribution >= 0.6 is 0 Å². The number of hydrogen-bond donors (Lipinski definition) is 0. The van der Waals surface area contributed by atoms with E-state index in [9.17, 15) is 0 Å². The SMILES string of the molecule is c1nc2cn3cnnc3nc2o1. The van der Waals surface area contributed by atoms with Gasteiger partial charge in [0.1, 0.15) is 11.8 Å². The van der Waals surface area contributed by atoms with Gasteiger partial charge in [0.05, 0.1) is 0 Å². The van der Waals surface area contributed by atoms with Gasteiger partial charge < -0.3 is 4.42 Å². The molecule has 0 amide bonds. The maximum Gasteiger partial charge on any atom is 0.258 e. The van der Waals surface area contributed by atoms with Crippen molar-refractivity contribution in [3.63, 3.8) is 0 Å². The molecule has 0 radical (unpaired) electrons. The number of aromatic nitrogens is 5. The van der Waals surface area contributed by atoms with Crippen molar-refractivity contribution in [1.82, 2.24) is 24.6 Å². The van der Waals surface area contributed by atoms with E-state index in [1.807, 2.05) is 0 Å². The molecule has 0 atom stereocenters. The van der Waals surface area contributed by atoms with E-state index in [1.165, 1.54) is 6.39 Å². The standard InChI is InChI=1S/C6H3N5O/c1-4-5(12-3-7-4)9-6-10-8-2-11(1)6/h1-3H. The molecule has 0 unspecified atom stereocenters. The lowest BCUT2D eigenvalue weighted by atomic mass is 10.6. The molecule has 0 N–H and O–H groups in total. The molecule has 0 spiro atoms. The molecule has 0 fully saturated rings. The summed E-state index contributed by atoms with van der Waals surface area (Å²) in [4.78, 5) is 8.00. The zero-order chi connectivity index (χ0) is 7.97. The molecule has 0 bridgehead atoms. The zero-order valence-electron chi connectivity index (χ0n) is 5.88. The second kappa shape index (κ2) is 1.79. The highest BCUT2D eigenvalue weighted by Gasteiger charge is 2.03. The van der Waals surface area contributed by atoms with Crippen molar-refractivity contribution < 1.29 is 4.42 Å². The number of hydrogen-bond acceptors (Lipinski definition) is 5. The Morgan fingerprint density at radius 3 is 3.42 bits per heavy atom. The molecular weight excluding hydrogens is 158 g/mol. The fourth-order valence-corrected chi connectivity index (χ4v) is 1.05. The summed E-state index contributed by atoms with van der Waals surface area (Å²) in [5.74, 6) is 0.513. The number of rotatable bonds is 0. The van der Waals surface area contributed by atoms with E-state index in [0.717, 1.165) is 0 Å². The summed E-state index contributed by atoms with van der Waals surface area (Å²) in [7, 11) is 0. The quantitative estimate of drug-likeness (QED) is 0.473. The fourth-order valence-electron chi connectivity index (χ4n) is 1.05. The van der Waals surface area contributed by atoms with Crippen LogP contribution in [0.3, 0.4) is 0 Å². The lowest BCUT2D eigenvalue weighted by molar-refractivity contribution is 0.591. The Balaban J connectivity index is 2.62. The third kappa shape index (κ3) is 0.584. The van der Waals surface area contributed by atoms with Gasteiger partial charge in [-0.15, -0.1) is 10.2 Å². The molecule has 6 nitrogen and oxygen atoms in total. The van der Waals surface area contributed by atoms with E-state index >= 15 is 0 Å². The predicted octanol–water partition coefficient (Wildman–Crippen LogP) is 0.265. The highest BCUT2D eigenvalue weighted by atomic mass is 16.3. The maximum atomic E-state index is 4.99. The van der Waals surface area contributed by atoms with Crippen molar-refractivity contribution in [2.45, 2.75) is 0 Å². The van der Waals surface area contributed by atoms with Crippen molar-refractivity contribution in [3.8, 4) is 0 Å². The van der Waals surface area contributed by atoms with E-state index < -0.39 is 0 Å². The minimum absolute atomic E-state index is 0.482. The molecule has 0 saturated carbocycles. The Labute approximate surface area is 65.9 Å². The van der Waals surface area contributed by atoms with Crippen LogP contribution in [0.4, 0.5) is 0 Å². The van der Waals surface area contributed by atoms with Crippen molar-refractivity contribution in [2.24, 2.45) is 0 Å². The Morgan fingerprint density at radius 2 is 2.42 bits per heavy atom. The van der Waals surface area contributed by atoms with Crippen molar-refractivity contribution in [3.05, 3.63) is 18.9 Å². The Kier molecular flexibility index (Phi) is 0.840. The minimum atomic E-state index is 0.482. The van der Waals surface area contributed by atoms with Crippen LogP contribution in [0.2, 0.25) is 0 Å². The van der Waals surface area contributed by atoms with Gasteiger partial charge in [-0.3, -0.25) is 4.40 Å². The highest BCUT2D eigenvalue weighted by molar-refractivity contribution is 5.68. The summed E-state index contributed by atoms with van der Waals surface area (Å²) in [5.41, 5.74) is 1.18. The first-order valence-electron chi connectivity index (χ1n) is 3.33. The topological polar surface area (TPSA) is 69.1 Å². The molecule has 0 aliphatic heterocycles. The van der Waals surface area contributed by atoms with Gasteiger partial charge in [-0.05, 0) is 0 Å². The number of nitrogens with zero attached hydrogens (tertiary/aromatic N) is 5. The van der Waals surface area contributed by atoms with Gasteiger partial charge in [0.2, 0.25) is 0 Å². The lowest BCUT2D eigenvalue weighted by Crippen LogP contribution is -1.86. The largest absolute Gasteiger partial charge is 0.425 e. The average Bonchev–Trinajstić information content (AvgIpc) is 2.64. The third-order valence-corrected chi connectivity index (χ3v) is 1.59. The second-order valence-corrected chi connectivity index (χ2v) is 2.32. The summed E-state index contributed by atoms with van der Waals surface area (Å²) in [6, 6.07) is 0. The Hall–Kier alpha value is -1.98. The number of fused-ring (bicyclic) bond motifs is 2. The molecule has 3 aromatic heterocycles. The van der Waals surface area contributed by atoms with E-state index in [4.69, 9.17) is 4.42 Å². The zero-order valence-corrected chi connectivity index (χ0v) is 5.88. The van der Waals surface area contributed by atoms with Crippen LogP contribution in [0.1, 0.15) is 0 Å². The number of oxazole rings is 1. The van der Waals surface area contributed by atoms with Gasteiger partial charge in [0.25, 0.3) is 11.5 Å². The van der Waals surface area contributed by atoms with Crippen LogP contribution in [0.25, 0.3) is 17.0 Å². The van der Waals surface area contributed by atoms with Crippen molar-refractivity contribution >= 4 is 17.0 Å².